The molecular weight excluding hydrogens is 280 g/mol. The van der Waals surface area contributed by atoms with E-state index in [1.807, 2.05) is 17.5 Å². The molecule has 0 saturated heterocycles. The molecule has 1 fully saturated rings. The summed E-state index contributed by atoms with van der Waals surface area (Å²) < 4.78 is 6.15. The highest BCUT2D eigenvalue weighted by atomic mass is 32.1. The van der Waals surface area contributed by atoms with Gasteiger partial charge in [-0.1, -0.05) is 33.3 Å². The molecule has 3 atom stereocenters. The first kappa shape index (κ1) is 16.7. The summed E-state index contributed by atoms with van der Waals surface area (Å²) in [6.07, 6.45) is 5.64. The Kier molecular flexibility index (Phi) is 6.43. The minimum absolute atomic E-state index is 0.256. The van der Waals surface area contributed by atoms with E-state index in [2.05, 4.69) is 20.8 Å². The predicted molar refractivity (Wildman–Crippen MR) is 89.0 cm³/mol. The smallest absolute Gasteiger partial charge is 0.172 e. The summed E-state index contributed by atoms with van der Waals surface area (Å²) in [5.41, 5.74) is 0. The lowest BCUT2D eigenvalue weighted by Gasteiger charge is -2.37. The van der Waals surface area contributed by atoms with Crippen LogP contribution in [0.5, 0.6) is 0 Å². The maximum atomic E-state index is 11.9. The number of hydrogen-bond acceptors (Lipinski definition) is 3. The lowest BCUT2D eigenvalue weighted by atomic mass is 9.75. The Morgan fingerprint density at radius 3 is 2.90 bits per heavy atom. The first-order valence-electron chi connectivity index (χ1n) is 8.26. The van der Waals surface area contributed by atoms with Crippen molar-refractivity contribution in [3.8, 4) is 0 Å². The van der Waals surface area contributed by atoms with E-state index >= 15 is 0 Å². The van der Waals surface area contributed by atoms with Crippen LogP contribution in [0.15, 0.2) is 17.5 Å². The molecule has 0 spiro atoms. The Labute approximate surface area is 132 Å². The maximum Gasteiger partial charge on any atom is 0.172 e. The van der Waals surface area contributed by atoms with Crippen molar-refractivity contribution in [1.29, 1.82) is 0 Å². The SMILES string of the molecule is CC1CCC(C(C)C)C(OCCCC(=O)c2cccs2)C1. The molecule has 0 aliphatic heterocycles. The topological polar surface area (TPSA) is 26.3 Å². The third-order valence-corrected chi connectivity index (χ3v) is 5.55. The first-order chi connectivity index (χ1) is 10.1. The van der Waals surface area contributed by atoms with Crippen molar-refractivity contribution in [3.63, 3.8) is 0 Å². The molecule has 1 aromatic rings. The van der Waals surface area contributed by atoms with Crippen LogP contribution in [0.25, 0.3) is 0 Å². The molecule has 1 aromatic heterocycles. The van der Waals surface area contributed by atoms with Crippen molar-refractivity contribution in [2.45, 2.75) is 59.0 Å². The van der Waals surface area contributed by atoms with Gasteiger partial charge in [0.05, 0.1) is 11.0 Å². The fourth-order valence-electron chi connectivity index (χ4n) is 3.33. The van der Waals surface area contributed by atoms with Crippen LogP contribution in [0.1, 0.15) is 62.5 Å². The van der Waals surface area contributed by atoms with Gasteiger partial charge in [0.2, 0.25) is 0 Å². The molecule has 1 aliphatic carbocycles. The Morgan fingerprint density at radius 2 is 2.24 bits per heavy atom. The minimum Gasteiger partial charge on any atom is -0.378 e. The van der Waals surface area contributed by atoms with Crippen molar-refractivity contribution in [2.24, 2.45) is 17.8 Å². The van der Waals surface area contributed by atoms with Gasteiger partial charge < -0.3 is 4.74 Å². The van der Waals surface area contributed by atoms with Crippen LogP contribution in [-0.4, -0.2) is 18.5 Å². The molecule has 0 amide bonds. The van der Waals surface area contributed by atoms with Gasteiger partial charge in [0, 0.05) is 13.0 Å². The van der Waals surface area contributed by atoms with Crippen LogP contribution < -0.4 is 0 Å². The number of ketones is 1. The number of carbonyl (C=O) groups is 1. The molecule has 0 radical (unpaired) electrons. The van der Waals surface area contributed by atoms with Gasteiger partial charge in [-0.05, 0) is 48.5 Å². The van der Waals surface area contributed by atoms with Crippen molar-refractivity contribution >= 4 is 17.1 Å². The summed E-state index contributed by atoms with van der Waals surface area (Å²) in [6.45, 7) is 7.65. The Bertz CT molecular complexity index is 424. The summed E-state index contributed by atoms with van der Waals surface area (Å²) in [7, 11) is 0. The highest BCUT2D eigenvalue weighted by molar-refractivity contribution is 7.12. The summed E-state index contributed by atoms with van der Waals surface area (Å²) in [5.74, 6) is 2.41. The van der Waals surface area contributed by atoms with Crippen molar-refractivity contribution in [1.82, 2.24) is 0 Å². The van der Waals surface area contributed by atoms with Crippen LogP contribution >= 0.6 is 11.3 Å². The summed E-state index contributed by atoms with van der Waals surface area (Å²) in [6, 6.07) is 3.84. The number of hydrogen-bond donors (Lipinski definition) is 0. The van der Waals surface area contributed by atoms with Gasteiger partial charge >= 0.3 is 0 Å². The highest BCUT2D eigenvalue weighted by Gasteiger charge is 2.31. The van der Waals surface area contributed by atoms with Gasteiger partial charge in [-0.15, -0.1) is 11.3 Å². The zero-order valence-corrected chi connectivity index (χ0v) is 14.3. The number of ether oxygens (including phenoxy) is 1. The van der Waals surface area contributed by atoms with E-state index in [-0.39, 0.29) is 5.78 Å². The zero-order valence-electron chi connectivity index (χ0n) is 13.5. The van der Waals surface area contributed by atoms with E-state index in [1.54, 1.807) is 0 Å². The molecule has 1 heterocycles. The molecule has 118 valence electrons. The summed E-state index contributed by atoms with van der Waals surface area (Å²) in [5, 5.41) is 1.96. The van der Waals surface area contributed by atoms with E-state index < -0.39 is 0 Å². The molecule has 2 rings (SSSR count). The predicted octanol–water partition coefficient (Wildman–Crippen LogP) is 5.19. The molecule has 21 heavy (non-hydrogen) atoms. The van der Waals surface area contributed by atoms with E-state index in [0.717, 1.165) is 23.8 Å². The standard InChI is InChI=1S/C18H28O2S/c1-13(2)15-9-8-14(3)12-17(15)20-10-4-6-16(19)18-7-5-11-21-18/h5,7,11,13-15,17H,4,6,8-10,12H2,1-3H3. The van der Waals surface area contributed by atoms with Crippen LogP contribution in [-0.2, 0) is 4.74 Å². The third kappa shape index (κ3) is 4.93. The van der Waals surface area contributed by atoms with Gasteiger partial charge in [0.25, 0.3) is 0 Å². The number of Topliss-reactive ketones (excluding diaryl/α,β-unsaturated/α-hetero) is 1. The molecule has 3 unspecified atom stereocenters. The fraction of sp³-hybridized carbons (Fsp3) is 0.722. The molecule has 1 aliphatic rings. The lowest BCUT2D eigenvalue weighted by Crippen LogP contribution is -2.34. The van der Waals surface area contributed by atoms with Crippen molar-refractivity contribution < 1.29 is 9.53 Å². The second-order valence-corrected chi connectivity index (χ2v) is 7.69. The van der Waals surface area contributed by atoms with Gasteiger partial charge in [0.15, 0.2) is 5.78 Å². The average molecular weight is 308 g/mol. The number of thiophene rings is 1. The normalized spacial score (nSPS) is 26.2. The second-order valence-electron chi connectivity index (χ2n) is 6.74. The van der Waals surface area contributed by atoms with Gasteiger partial charge in [-0.3, -0.25) is 4.79 Å². The largest absolute Gasteiger partial charge is 0.378 e. The highest BCUT2D eigenvalue weighted by Crippen LogP contribution is 2.35. The Hall–Kier alpha value is -0.670. The second kappa shape index (κ2) is 8.09. The number of rotatable bonds is 7. The van der Waals surface area contributed by atoms with E-state index in [4.69, 9.17) is 4.74 Å². The van der Waals surface area contributed by atoms with Gasteiger partial charge in [-0.2, -0.15) is 0 Å². The molecule has 0 N–H and O–H groups in total. The molecule has 3 heteroatoms. The zero-order chi connectivity index (χ0) is 15.2. The van der Waals surface area contributed by atoms with E-state index in [1.165, 1.54) is 30.6 Å². The van der Waals surface area contributed by atoms with E-state index in [0.29, 0.717) is 24.4 Å². The van der Waals surface area contributed by atoms with Crippen molar-refractivity contribution in [3.05, 3.63) is 22.4 Å². The van der Waals surface area contributed by atoms with Gasteiger partial charge in [0.1, 0.15) is 0 Å². The maximum absolute atomic E-state index is 11.9. The molecule has 0 aromatic carbocycles. The average Bonchev–Trinajstić information content (AvgIpc) is 2.97. The van der Waals surface area contributed by atoms with Crippen molar-refractivity contribution in [2.75, 3.05) is 6.61 Å². The van der Waals surface area contributed by atoms with Gasteiger partial charge in [-0.25, -0.2) is 0 Å². The molecule has 2 nitrogen and oxygen atoms in total. The first-order valence-corrected chi connectivity index (χ1v) is 9.14. The number of carbonyl (C=O) groups excluding carboxylic acids is 1. The van der Waals surface area contributed by atoms with Crippen LogP contribution in [0, 0.1) is 17.8 Å². The van der Waals surface area contributed by atoms with Crippen LogP contribution in [0.2, 0.25) is 0 Å². The third-order valence-electron chi connectivity index (χ3n) is 4.64. The Balaban J connectivity index is 1.72. The summed E-state index contributed by atoms with van der Waals surface area (Å²) >= 11 is 1.53. The molecule has 1 saturated carbocycles. The van der Waals surface area contributed by atoms with E-state index in [9.17, 15) is 4.79 Å². The summed E-state index contributed by atoms with van der Waals surface area (Å²) in [4.78, 5) is 12.8. The molecule has 0 bridgehead atoms. The Morgan fingerprint density at radius 1 is 1.43 bits per heavy atom. The van der Waals surface area contributed by atoms with Crippen LogP contribution in [0.3, 0.4) is 0 Å². The monoisotopic (exact) mass is 308 g/mol. The fourth-order valence-corrected chi connectivity index (χ4v) is 4.03. The minimum atomic E-state index is 0.256. The van der Waals surface area contributed by atoms with Crippen LogP contribution in [0.4, 0.5) is 0 Å². The lowest BCUT2D eigenvalue weighted by molar-refractivity contribution is -0.0389. The quantitative estimate of drug-likeness (QED) is 0.512. The molecular formula is C18H28O2S.